The van der Waals surface area contributed by atoms with Gasteiger partial charge in [0.05, 0.1) is 16.7 Å². The first kappa shape index (κ1) is 26.8. The number of carbonyl (C=O) groups is 2. The number of hydrazine groups is 1. The third kappa shape index (κ3) is 5.41. The molecule has 0 saturated carbocycles. The molecule has 0 bridgehead atoms. The summed E-state index contributed by atoms with van der Waals surface area (Å²) in [7, 11) is -0.988. The van der Waals surface area contributed by atoms with Crippen molar-refractivity contribution in [2.24, 2.45) is 0 Å². The Hall–Kier alpha value is -2.78. The average Bonchev–Trinajstić information content (AvgIpc) is 2.90. The van der Waals surface area contributed by atoms with Crippen molar-refractivity contribution in [1.82, 2.24) is 10.4 Å². The molecule has 35 heavy (non-hydrogen) atoms. The van der Waals surface area contributed by atoms with E-state index in [2.05, 4.69) is 5.43 Å². The molecule has 0 aliphatic carbocycles. The molecule has 1 fully saturated rings. The largest absolute Gasteiger partial charge is 0.495 e. The van der Waals surface area contributed by atoms with Crippen molar-refractivity contribution >= 4 is 24.4 Å². The molecule has 0 radical (unpaired) electrons. The lowest BCUT2D eigenvalue weighted by molar-refractivity contribution is 0.00578. The summed E-state index contributed by atoms with van der Waals surface area (Å²) in [6, 6.07) is 7.35. The van der Waals surface area contributed by atoms with Gasteiger partial charge in [0.1, 0.15) is 17.2 Å². The van der Waals surface area contributed by atoms with Crippen molar-refractivity contribution in [1.29, 1.82) is 0 Å². The summed E-state index contributed by atoms with van der Waals surface area (Å²) in [6.07, 6.45) is 0. The summed E-state index contributed by atoms with van der Waals surface area (Å²) in [5.74, 6) is -3.74. The molecule has 0 unspecified atom stereocenters. The smallest absolute Gasteiger partial charge is 0.399 e. The number of nitrogens with zero attached hydrogens (tertiary/aromatic N) is 1. The Kier molecular flexibility index (Phi) is 6.92. The number of nitrogens with one attached hydrogen (secondary N) is 1. The van der Waals surface area contributed by atoms with Gasteiger partial charge in [-0.25, -0.2) is 13.8 Å². The standard InChI is InChI=1S/C26H33BF2N2O4/c1-15-10-16(2)12-17(11-15)23(33)31(24(3,4)5)30-22(32)21-19(28)13-18(14-20(21)29)27-34-25(6,7)26(8,9)35-27/h10-14H,1-9H3,(H,30,32). The predicted octanol–water partition coefficient (Wildman–Crippen LogP) is 4.47. The average molecular weight is 486 g/mol. The Morgan fingerprint density at radius 2 is 1.34 bits per heavy atom. The first-order valence-corrected chi connectivity index (χ1v) is 11.5. The fourth-order valence-electron chi connectivity index (χ4n) is 3.83. The highest BCUT2D eigenvalue weighted by atomic mass is 19.1. The Bertz CT molecular complexity index is 1120. The third-order valence-corrected chi connectivity index (χ3v) is 6.37. The van der Waals surface area contributed by atoms with Crippen molar-refractivity contribution < 1.29 is 27.7 Å². The molecule has 3 rings (SSSR count). The number of rotatable bonds is 3. The molecule has 6 nitrogen and oxygen atoms in total. The van der Waals surface area contributed by atoms with Crippen molar-refractivity contribution in [3.63, 3.8) is 0 Å². The fraction of sp³-hybridized carbons (Fsp3) is 0.462. The van der Waals surface area contributed by atoms with Crippen molar-refractivity contribution in [3.05, 3.63) is 64.2 Å². The summed E-state index contributed by atoms with van der Waals surface area (Å²) in [5, 5.41) is 1.09. The second-order valence-electron chi connectivity index (χ2n) is 11.1. The Balaban J connectivity index is 1.90. The minimum atomic E-state index is -1.08. The van der Waals surface area contributed by atoms with E-state index in [1.165, 1.54) is 0 Å². The number of amides is 2. The van der Waals surface area contributed by atoms with E-state index in [4.69, 9.17) is 9.31 Å². The molecule has 1 aliphatic rings. The zero-order valence-corrected chi connectivity index (χ0v) is 21.8. The van der Waals surface area contributed by atoms with E-state index >= 15 is 8.78 Å². The molecular weight excluding hydrogens is 453 g/mol. The van der Waals surface area contributed by atoms with Gasteiger partial charge in [-0.05, 0) is 92.0 Å². The lowest BCUT2D eigenvalue weighted by atomic mass is 9.78. The van der Waals surface area contributed by atoms with Crippen LogP contribution in [0.3, 0.4) is 0 Å². The maximum absolute atomic E-state index is 15.1. The van der Waals surface area contributed by atoms with Gasteiger partial charge in [0.15, 0.2) is 0 Å². The molecule has 1 heterocycles. The molecule has 2 amide bonds. The lowest BCUT2D eigenvalue weighted by Crippen LogP contribution is -2.56. The number of hydrogen-bond acceptors (Lipinski definition) is 4. The van der Waals surface area contributed by atoms with Crippen LogP contribution >= 0.6 is 0 Å². The van der Waals surface area contributed by atoms with E-state index in [9.17, 15) is 9.59 Å². The van der Waals surface area contributed by atoms with Gasteiger partial charge in [0.25, 0.3) is 11.8 Å². The van der Waals surface area contributed by atoms with Gasteiger partial charge in [-0.3, -0.25) is 15.0 Å². The minimum absolute atomic E-state index is 0.120. The molecule has 0 aromatic heterocycles. The maximum Gasteiger partial charge on any atom is 0.495 e. The van der Waals surface area contributed by atoms with Gasteiger partial charge < -0.3 is 9.31 Å². The van der Waals surface area contributed by atoms with Crippen LogP contribution in [0, 0.1) is 25.5 Å². The van der Waals surface area contributed by atoms with Crippen LogP contribution < -0.4 is 10.9 Å². The lowest BCUT2D eigenvalue weighted by Gasteiger charge is -2.35. The van der Waals surface area contributed by atoms with E-state index < -0.39 is 52.9 Å². The van der Waals surface area contributed by atoms with Crippen LogP contribution in [0.15, 0.2) is 30.3 Å². The Morgan fingerprint density at radius 1 is 0.886 bits per heavy atom. The third-order valence-electron chi connectivity index (χ3n) is 6.37. The van der Waals surface area contributed by atoms with Crippen LogP contribution in [0.5, 0.6) is 0 Å². The Labute approximate surface area is 206 Å². The van der Waals surface area contributed by atoms with Crippen LogP contribution in [0.4, 0.5) is 8.78 Å². The maximum atomic E-state index is 15.1. The highest BCUT2D eigenvalue weighted by Gasteiger charge is 2.52. The van der Waals surface area contributed by atoms with E-state index in [1.54, 1.807) is 32.9 Å². The van der Waals surface area contributed by atoms with Gasteiger partial charge >= 0.3 is 7.12 Å². The molecule has 1 aliphatic heterocycles. The quantitative estimate of drug-likeness (QED) is 0.514. The molecule has 9 heteroatoms. The first-order valence-electron chi connectivity index (χ1n) is 11.5. The Morgan fingerprint density at radius 3 is 1.77 bits per heavy atom. The van der Waals surface area contributed by atoms with Gasteiger partial charge in [-0.15, -0.1) is 0 Å². The van der Waals surface area contributed by atoms with Crippen LogP contribution in [0.25, 0.3) is 0 Å². The summed E-state index contributed by atoms with van der Waals surface area (Å²) in [6.45, 7) is 16.2. The normalized spacial score (nSPS) is 16.8. The minimum Gasteiger partial charge on any atom is -0.399 e. The number of halogens is 2. The fourth-order valence-corrected chi connectivity index (χ4v) is 3.83. The molecule has 0 atom stereocenters. The number of aryl methyl sites for hydroxylation is 2. The summed E-state index contributed by atoms with van der Waals surface area (Å²) in [4.78, 5) is 26.3. The van der Waals surface area contributed by atoms with Gasteiger partial charge in [-0.1, -0.05) is 17.2 Å². The van der Waals surface area contributed by atoms with Crippen LogP contribution in [-0.2, 0) is 9.31 Å². The number of carbonyl (C=O) groups excluding carboxylic acids is 2. The van der Waals surface area contributed by atoms with Gasteiger partial charge in [-0.2, -0.15) is 0 Å². The molecular formula is C26H33BF2N2O4. The molecule has 188 valence electrons. The van der Waals surface area contributed by atoms with E-state index in [1.807, 2.05) is 47.6 Å². The number of hydrogen-bond donors (Lipinski definition) is 1. The zero-order valence-electron chi connectivity index (χ0n) is 21.8. The molecule has 2 aromatic rings. The topological polar surface area (TPSA) is 67.9 Å². The summed E-state index contributed by atoms with van der Waals surface area (Å²) >= 11 is 0. The van der Waals surface area contributed by atoms with Crippen molar-refractivity contribution in [3.8, 4) is 0 Å². The molecule has 0 spiro atoms. The predicted molar refractivity (Wildman–Crippen MR) is 131 cm³/mol. The SMILES string of the molecule is Cc1cc(C)cc(C(=O)N(NC(=O)c2c(F)cc(B3OC(C)(C)C(C)(C)O3)cc2F)C(C)(C)C)c1. The zero-order chi connectivity index (χ0) is 26.5. The van der Waals surface area contributed by atoms with Crippen LogP contribution in [0.2, 0.25) is 0 Å². The highest BCUT2D eigenvalue weighted by molar-refractivity contribution is 6.62. The summed E-state index contributed by atoms with van der Waals surface area (Å²) < 4.78 is 41.8. The van der Waals surface area contributed by atoms with E-state index in [0.29, 0.717) is 5.56 Å². The van der Waals surface area contributed by atoms with Gasteiger partial charge in [0, 0.05) is 5.56 Å². The molecule has 1 saturated heterocycles. The number of benzene rings is 2. The van der Waals surface area contributed by atoms with Crippen molar-refractivity contribution in [2.75, 3.05) is 0 Å². The second kappa shape index (κ2) is 9.02. The van der Waals surface area contributed by atoms with E-state index in [0.717, 1.165) is 28.3 Å². The molecule has 1 N–H and O–H groups in total. The highest BCUT2D eigenvalue weighted by Crippen LogP contribution is 2.36. The first-order chi connectivity index (χ1) is 15.9. The monoisotopic (exact) mass is 486 g/mol. The van der Waals surface area contributed by atoms with Gasteiger partial charge in [0.2, 0.25) is 0 Å². The summed E-state index contributed by atoms with van der Waals surface area (Å²) in [5.41, 5.74) is 1.59. The molecule has 2 aromatic carbocycles. The van der Waals surface area contributed by atoms with Crippen LogP contribution in [0.1, 0.15) is 80.3 Å². The van der Waals surface area contributed by atoms with Crippen LogP contribution in [-0.4, -0.2) is 40.7 Å². The van der Waals surface area contributed by atoms with Crippen molar-refractivity contribution in [2.45, 2.75) is 79.1 Å². The second-order valence-corrected chi connectivity index (χ2v) is 11.1. The van der Waals surface area contributed by atoms with E-state index in [-0.39, 0.29) is 5.46 Å².